The highest BCUT2D eigenvalue weighted by molar-refractivity contribution is 5.93. The minimum atomic E-state index is -0.0570. The fourth-order valence-electron chi connectivity index (χ4n) is 3.18. The van der Waals surface area contributed by atoms with Gasteiger partial charge in [0.2, 0.25) is 0 Å². The maximum atomic E-state index is 12.5. The van der Waals surface area contributed by atoms with Gasteiger partial charge in [0.15, 0.2) is 0 Å². The van der Waals surface area contributed by atoms with Crippen LogP contribution in [-0.4, -0.2) is 38.4 Å². The monoisotopic (exact) mass is 305 g/mol. The number of nitrogens with zero attached hydrogens (tertiary/aromatic N) is 4. The van der Waals surface area contributed by atoms with Crippen LogP contribution in [0, 0.1) is 11.3 Å². The van der Waals surface area contributed by atoms with Crippen LogP contribution in [0.3, 0.4) is 0 Å². The Labute approximate surface area is 133 Å². The minimum absolute atomic E-state index is 0.0570. The molecule has 2 aromatic heterocycles. The van der Waals surface area contributed by atoms with Crippen molar-refractivity contribution in [2.45, 2.75) is 12.5 Å². The molecule has 4 rings (SSSR count). The van der Waals surface area contributed by atoms with Crippen molar-refractivity contribution in [2.24, 2.45) is 0 Å². The molecule has 1 unspecified atom stereocenters. The molecule has 1 aliphatic heterocycles. The number of hydrogen-bond donors (Lipinski definition) is 1. The van der Waals surface area contributed by atoms with Crippen molar-refractivity contribution in [1.82, 2.24) is 19.4 Å². The van der Waals surface area contributed by atoms with Crippen LogP contribution in [0.5, 0.6) is 0 Å². The summed E-state index contributed by atoms with van der Waals surface area (Å²) in [6, 6.07) is 11.9. The summed E-state index contributed by atoms with van der Waals surface area (Å²) in [7, 11) is 0. The molecule has 1 atom stereocenters. The Morgan fingerprint density at radius 1 is 1.39 bits per heavy atom. The number of carbonyl (C=O) groups is 1. The van der Waals surface area contributed by atoms with Crippen LogP contribution in [-0.2, 0) is 0 Å². The topological polar surface area (TPSA) is 77.7 Å². The number of aromatic nitrogens is 3. The van der Waals surface area contributed by atoms with Crippen LogP contribution < -0.4 is 0 Å². The minimum Gasteiger partial charge on any atom is -0.356 e. The number of nitrogens with one attached hydrogen (secondary N) is 1. The van der Waals surface area contributed by atoms with Crippen molar-refractivity contribution in [2.75, 3.05) is 13.1 Å². The van der Waals surface area contributed by atoms with Gasteiger partial charge in [0.05, 0.1) is 29.0 Å². The van der Waals surface area contributed by atoms with Crippen molar-refractivity contribution >= 4 is 16.9 Å². The number of H-pyrrole nitrogens is 1. The summed E-state index contributed by atoms with van der Waals surface area (Å²) in [5.74, 6) is -0.0570. The average Bonchev–Trinajstić information content (AvgIpc) is 3.31. The van der Waals surface area contributed by atoms with Crippen LogP contribution >= 0.6 is 0 Å². The van der Waals surface area contributed by atoms with Gasteiger partial charge in [-0.05, 0) is 24.6 Å². The van der Waals surface area contributed by atoms with Crippen molar-refractivity contribution in [3.8, 4) is 6.07 Å². The van der Waals surface area contributed by atoms with E-state index in [0.29, 0.717) is 24.3 Å². The standard InChI is InChI=1S/C17H15N5O/c18-8-12-7-15(19-9-12)17(23)21-6-5-13(10-21)22-11-20-14-3-1-2-4-16(14)22/h1-4,7,9,11,13,19H,5-6,10H2. The lowest BCUT2D eigenvalue weighted by molar-refractivity contribution is 0.0783. The first-order chi connectivity index (χ1) is 11.3. The van der Waals surface area contributed by atoms with Gasteiger partial charge in [-0.2, -0.15) is 5.26 Å². The van der Waals surface area contributed by atoms with E-state index in [-0.39, 0.29) is 11.9 Å². The number of amides is 1. The number of benzene rings is 1. The van der Waals surface area contributed by atoms with E-state index in [4.69, 9.17) is 5.26 Å². The van der Waals surface area contributed by atoms with Gasteiger partial charge in [-0.25, -0.2) is 4.98 Å². The Morgan fingerprint density at radius 3 is 3.09 bits per heavy atom. The number of rotatable bonds is 2. The van der Waals surface area contributed by atoms with Crippen LogP contribution in [0.15, 0.2) is 42.9 Å². The molecular weight excluding hydrogens is 290 g/mol. The van der Waals surface area contributed by atoms with Crippen LogP contribution in [0.2, 0.25) is 0 Å². The zero-order valence-corrected chi connectivity index (χ0v) is 12.4. The number of aromatic amines is 1. The molecule has 0 saturated carbocycles. The third-order valence-corrected chi connectivity index (χ3v) is 4.37. The molecule has 1 amide bonds. The van der Waals surface area contributed by atoms with Gasteiger partial charge in [-0.15, -0.1) is 0 Å². The third kappa shape index (κ3) is 2.27. The lowest BCUT2D eigenvalue weighted by Gasteiger charge is -2.16. The predicted octanol–water partition coefficient (Wildman–Crippen LogP) is 2.32. The Bertz CT molecular complexity index is 916. The molecule has 3 aromatic rings. The van der Waals surface area contributed by atoms with E-state index in [0.717, 1.165) is 17.5 Å². The summed E-state index contributed by atoms with van der Waals surface area (Å²) >= 11 is 0. The summed E-state index contributed by atoms with van der Waals surface area (Å²) in [5.41, 5.74) is 3.01. The molecular formula is C17H15N5O. The van der Waals surface area contributed by atoms with Crippen LogP contribution in [0.25, 0.3) is 11.0 Å². The Kier molecular flexibility index (Phi) is 3.12. The smallest absolute Gasteiger partial charge is 0.270 e. The quantitative estimate of drug-likeness (QED) is 0.789. The SMILES string of the molecule is N#Cc1c[nH]c(C(=O)N2CCC(n3cnc4ccccc43)C2)c1. The number of fused-ring (bicyclic) bond motifs is 1. The number of imidazole rings is 1. The zero-order valence-electron chi connectivity index (χ0n) is 12.4. The lowest BCUT2D eigenvalue weighted by Crippen LogP contribution is -2.29. The molecule has 0 radical (unpaired) electrons. The summed E-state index contributed by atoms with van der Waals surface area (Å²) < 4.78 is 2.15. The van der Waals surface area contributed by atoms with Gasteiger partial charge in [0.1, 0.15) is 11.8 Å². The van der Waals surface area contributed by atoms with Crippen molar-refractivity contribution in [3.05, 3.63) is 54.1 Å². The first-order valence-corrected chi connectivity index (χ1v) is 7.55. The molecule has 114 valence electrons. The fourth-order valence-corrected chi connectivity index (χ4v) is 3.18. The van der Waals surface area contributed by atoms with Crippen molar-refractivity contribution in [3.63, 3.8) is 0 Å². The van der Waals surface area contributed by atoms with Crippen molar-refractivity contribution in [1.29, 1.82) is 5.26 Å². The molecule has 1 N–H and O–H groups in total. The van der Waals surface area contributed by atoms with E-state index in [1.807, 2.05) is 35.5 Å². The van der Waals surface area contributed by atoms with Gasteiger partial charge in [-0.3, -0.25) is 4.79 Å². The van der Waals surface area contributed by atoms with Gasteiger partial charge in [-0.1, -0.05) is 12.1 Å². The average molecular weight is 305 g/mol. The van der Waals surface area contributed by atoms with Gasteiger partial charge < -0.3 is 14.5 Å². The maximum absolute atomic E-state index is 12.5. The summed E-state index contributed by atoms with van der Waals surface area (Å²) in [6.07, 6.45) is 4.31. The van der Waals surface area contributed by atoms with Gasteiger partial charge >= 0.3 is 0 Å². The molecule has 6 nitrogen and oxygen atoms in total. The normalized spacial score (nSPS) is 17.5. The largest absolute Gasteiger partial charge is 0.356 e. The summed E-state index contributed by atoms with van der Waals surface area (Å²) in [5, 5.41) is 8.86. The molecule has 3 heterocycles. The number of carbonyl (C=O) groups excluding carboxylic acids is 1. The molecule has 0 aliphatic carbocycles. The number of para-hydroxylation sites is 2. The molecule has 0 bridgehead atoms. The maximum Gasteiger partial charge on any atom is 0.270 e. The second kappa shape index (κ2) is 5.29. The first kappa shape index (κ1) is 13.6. The third-order valence-electron chi connectivity index (χ3n) is 4.37. The van der Waals surface area contributed by atoms with Gasteiger partial charge in [0.25, 0.3) is 5.91 Å². The molecule has 1 aliphatic rings. The Hall–Kier alpha value is -3.07. The second-order valence-electron chi connectivity index (χ2n) is 5.75. The van der Waals surface area contributed by atoms with E-state index in [2.05, 4.69) is 20.6 Å². The highest BCUT2D eigenvalue weighted by atomic mass is 16.2. The first-order valence-electron chi connectivity index (χ1n) is 7.55. The Balaban J connectivity index is 1.55. The summed E-state index contributed by atoms with van der Waals surface area (Å²) in [4.78, 5) is 21.6. The van der Waals surface area contributed by atoms with E-state index < -0.39 is 0 Å². The number of nitriles is 1. The molecule has 23 heavy (non-hydrogen) atoms. The molecule has 1 aromatic carbocycles. The molecule has 6 heteroatoms. The van der Waals surface area contributed by atoms with Gasteiger partial charge in [0, 0.05) is 19.3 Å². The van der Waals surface area contributed by atoms with Crippen LogP contribution in [0.1, 0.15) is 28.5 Å². The second-order valence-corrected chi connectivity index (χ2v) is 5.75. The lowest BCUT2D eigenvalue weighted by atomic mass is 10.2. The predicted molar refractivity (Wildman–Crippen MR) is 84.8 cm³/mol. The summed E-state index contributed by atoms with van der Waals surface area (Å²) in [6.45, 7) is 1.36. The highest BCUT2D eigenvalue weighted by Crippen LogP contribution is 2.26. The Morgan fingerprint density at radius 2 is 2.26 bits per heavy atom. The zero-order chi connectivity index (χ0) is 15.8. The highest BCUT2D eigenvalue weighted by Gasteiger charge is 2.29. The number of hydrogen-bond acceptors (Lipinski definition) is 3. The van der Waals surface area contributed by atoms with Crippen molar-refractivity contribution < 1.29 is 4.79 Å². The van der Waals surface area contributed by atoms with E-state index in [1.165, 1.54) is 0 Å². The number of likely N-dealkylation sites (tertiary alicyclic amines) is 1. The fraction of sp³-hybridized carbons (Fsp3) is 0.235. The van der Waals surface area contributed by atoms with Crippen LogP contribution in [0.4, 0.5) is 0 Å². The molecule has 1 saturated heterocycles. The van der Waals surface area contributed by atoms with E-state index in [9.17, 15) is 4.79 Å². The van der Waals surface area contributed by atoms with E-state index >= 15 is 0 Å². The van der Waals surface area contributed by atoms with E-state index in [1.54, 1.807) is 12.3 Å². The molecule has 1 fully saturated rings. The molecule has 0 spiro atoms.